The Kier molecular flexibility index (Phi) is 74.1. The van der Waals surface area contributed by atoms with Gasteiger partial charge in [-0.25, -0.2) is 9.13 Å². The molecule has 0 saturated heterocycles. The molecule has 0 heterocycles. The number of carbonyl (C=O) groups excluding carboxylic acids is 4. The third-order valence-corrected chi connectivity index (χ3v) is 21.6. The van der Waals surface area contributed by atoms with Crippen LogP contribution in [-0.4, -0.2) is 96.7 Å². The lowest BCUT2D eigenvalue weighted by Gasteiger charge is -2.21. The van der Waals surface area contributed by atoms with E-state index in [2.05, 4.69) is 41.5 Å². The third-order valence-electron chi connectivity index (χ3n) is 19.7. The molecule has 17 nitrogen and oxygen atoms in total. The van der Waals surface area contributed by atoms with Crippen molar-refractivity contribution in [1.29, 1.82) is 0 Å². The maximum atomic E-state index is 13.1. The molecular formula is C84H164O17P2. The van der Waals surface area contributed by atoms with Gasteiger partial charge in [0.15, 0.2) is 12.2 Å². The van der Waals surface area contributed by atoms with Crippen molar-refractivity contribution in [2.24, 2.45) is 11.8 Å². The topological polar surface area (TPSA) is 237 Å². The Morgan fingerprint density at radius 3 is 0.660 bits per heavy atom. The SMILES string of the molecule is CCCCCCCCCCCCCCCCCCCCCCC(=O)O[C@H](COC(=O)CCCCCCCCCCCCCCC(C)C)COP(=O)(O)OC[C@@H](O)COP(=O)(O)OC[C@@H](COC(=O)CCCCCCCCCCCCCCC)OC(=O)CCCCCCCCCCCCCCC(C)C. The minimum Gasteiger partial charge on any atom is -0.462 e. The summed E-state index contributed by atoms with van der Waals surface area (Å²) in [5.41, 5.74) is 0. The number of aliphatic hydroxyl groups excluding tert-OH is 1. The van der Waals surface area contributed by atoms with Crippen LogP contribution in [0.5, 0.6) is 0 Å². The van der Waals surface area contributed by atoms with E-state index in [0.717, 1.165) is 102 Å². The summed E-state index contributed by atoms with van der Waals surface area (Å²) >= 11 is 0. The Labute approximate surface area is 632 Å². The lowest BCUT2D eigenvalue weighted by molar-refractivity contribution is -0.161. The second-order valence-corrected chi connectivity index (χ2v) is 34.1. The smallest absolute Gasteiger partial charge is 0.462 e. The van der Waals surface area contributed by atoms with E-state index in [0.29, 0.717) is 25.7 Å². The summed E-state index contributed by atoms with van der Waals surface area (Å²) in [6.45, 7) is 9.68. The van der Waals surface area contributed by atoms with E-state index in [1.54, 1.807) is 0 Å². The molecular weight excluding hydrogens is 1340 g/mol. The zero-order valence-corrected chi connectivity index (χ0v) is 69.4. The fourth-order valence-corrected chi connectivity index (χ4v) is 14.6. The molecule has 0 aromatic carbocycles. The summed E-state index contributed by atoms with van der Waals surface area (Å²) in [7, 11) is -9.93. The average molecular weight is 1510 g/mol. The summed E-state index contributed by atoms with van der Waals surface area (Å²) in [4.78, 5) is 73.2. The molecule has 103 heavy (non-hydrogen) atoms. The van der Waals surface area contributed by atoms with Crippen molar-refractivity contribution in [3.05, 3.63) is 0 Å². The van der Waals surface area contributed by atoms with E-state index in [1.807, 2.05) is 0 Å². The second kappa shape index (κ2) is 75.5. The number of unbranched alkanes of at least 4 members (excludes halogenated alkanes) is 53. The van der Waals surface area contributed by atoms with Gasteiger partial charge in [0, 0.05) is 25.7 Å². The van der Waals surface area contributed by atoms with E-state index >= 15 is 0 Å². The van der Waals surface area contributed by atoms with Crippen LogP contribution in [0.2, 0.25) is 0 Å². The number of esters is 4. The zero-order valence-electron chi connectivity index (χ0n) is 67.6. The molecule has 0 fully saturated rings. The highest BCUT2D eigenvalue weighted by atomic mass is 31.2. The summed E-state index contributed by atoms with van der Waals surface area (Å²) in [5.74, 6) is -0.544. The van der Waals surface area contributed by atoms with Gasteiger partial charge >= 0.3 is 39.5 Å². The van der Waals surface area contributed by atoms with E-state index < -0.39 is 97.5 Å². The first-order chi connectivity index (χ1) is 49.9. The fourth-order valence-electron chi connectivity index (χ4n) is 13.1. The van der Waals surface area contributed by atoms with Crippen LogP contribution in [0.1, 0.15) is 446 Å². The molecule has 0 aromatic rings. The highest BCUT2D eigenvalue weighted by Gasteiger charge is 2.30. The summed E-state index contributed by atoms with van der Waals surface area (Å²) in [5, 5.41) is 10.7. The molecule has 0 aliphatic rings. The molecule has 0 spiro atoms. The van der Waals surface area contributed by atoms with Crippen molar-refractivity contribution < 1.29 is 80.2 Å². The minimum atomic E-state index is -4.96. The van der Waals surface area contributed by atoms with Crippen molar-refractivity contribution in [2.45, 2.75) is 464 Å². The van der Waals surface area contributed by atoms with E-state index in [9.17, 15) is 43.2 Å². The quantitative estimate of drug-likeness (QED) is 0.0222. The summed E-state index contributed by atoms with van der Waals surface area (Å²) < 4.78 is 68.9. The molecule has 0 amide bonds. The standard InChI is InChI=1S/C84H164O17P2/c1-7-9-11-13-15-17-19-21-22-23-24-25-26-27-29-38-44-50-56-62-68-83(88)100-79(73-95-82(87)67-61-55-49-43-37-32-30-34-40-46-52-58-64-76(3)4)74-98-102(90,91)96-70-78(85)71-97-103(92,93)99-75-80(72-94-81(86)66-60-54-48-42-36-28-20-18-16-14-12-10-8-2)101-84(89)69-63-57-51-45-39-33-31-35-41-47-53-59-65-77(5)6/h76-80,85H,7-75H2,1-6H3,(H,90,91)(H,92,93)/t78-,79-,80-/m1/s1. The molecule has 0 saturated carbocycles. The third kappa shape index (κ3) is 78.0. The maximum absolute atomic E-state index is 13.1. The van der Waals surface area contributed by atoms with E-state index in [4.69, 9.17) is 37.0 Å². The molecule has 3 N–H and O–H groups in total. The molecule has 0 rings (SSSR count). The van der Waals surface area contributed by atoms with Gasteiger partial charge in [-0.15, -0.1) is 0 Å². The molecule has 0 bridgehead atoms. The van der Waals surface area contributed by atoms with Gasteiger partial charge in [-0.3, -0.25) is 37.3 Å². The van der Waals surface area contributed by atoms with Gasteiger partial charge in [-0.1, -0.05) is 395 Å². The first-order valence-electron chi connectivity index (χ1n) is 43.5. The Morgan fingerprint density at radius 2 is 0.447 bits per heavy atom. The number of rotatable bonds is 83. The van der Waals surface area contributed by atoms with Crippen LogP contribution >= 0.6 is 15.6 Å². The van der Waals surface area contributed by atoms with Crippen LogP contribution in [0, 0.1) is 11.8 Å². The predicted octanol–water partition coefficient (Wildman–Crippen LogP) is 25.5. The Hall–Kier alpha value is -1.94. The largest absolute Gasteiger partial charge is 0.472 e. The normalized spacial score (nSPS) is 13.9. The number of ether oxygens (including phenoxy) is 4. The maximum Gasteiger partial charge on any atom is 0.472 e. The van der Waals surface area contributed by atoms with Gasteiger partial charge in [-0.2, -0.15) is 0 Å². The highest BCUT2D eigenvalue weighted by Crippen LogP contribution is 2.45. The molecule has 0 aliphatic carbocycles. The van der Waals surface area contributed by atoms with Gasteiger partial charge in [0.2, 0.25) is 0 Å². The lowest BCUT2D eigenvalue weighted by atomic mass is 10.0. The van der Waals surface area contributed by atoms with Crippen molar-refractivity contribution in [2.75, 3.05) is 39.6 Å². The van der Waals surface area contributed by atoms with Gasteiger partial charge in [0.25, 0.3) is 0 Å². The molecule has 2 unspecified atom stereocenters. The van der Waals surface area contributed by atoms with E-state index in [-0.39, 0.29) is 25.7 Å². The summed E-state index contributed by atoms with van der Waals surface area (Å²) in [6.07, 6.45) is 66.5. The Balaban J connectivity index is 5.26. The van der Waals surface area contributed by atoms with Gasteiger partial charge in [-0.05, 0) is 37.5 Å². The predicted molar refractivity (Wildman–Crippen MR) is 423 cm³/mol. The van der Waals surface area contributed by atoms with Crippen LogP contribution in [-0.2, 0) is 65.4 Å². The van der Waals surface area contributed by atoms with Crippen molar-refractivity contribution in [1.82, 2.24) is 0 Å². The number of hydrogen-bond acceptors (Lipinski definition) is 15. The molecule has 0 radical (unpaired) electrons. The highest BCUT2D eigenvalue weighted by molar-refractivity contribution is 7.47. The van der Waals surface area contributed by atoms with Crippen LogP contribution in [0.3, 0.4) is 0 Å². The van der Waals surface area contributed by atoms with Crippen LogP contribution < -0.4 is 0 Å². The second-order valence-electron chi connectivity index (χ2n) is 31.2. The lowest BCUT2D eigenvalue weighted by Crippen LogP contribution is -2.30. The number of carbonyl (C=O) groups is 4. The fraction of sp³-hybridized carbons (Fsp3) is 0.952. The monoisotopic (exact) mass is 1510 g/mol. The van der Waals surface area contributed by atoms with Crippen molar-refractivity contribution in [3.8, 4) is 0 Å². The molecule has 0 aliphatic heterocycles. The first kappa shape index (κ1) is 101. The summed E-state index contributed by atoms with van der Waals surface area (Å²) in [6, 6.07) is 0. The zero-order chi connectivity index (χ0) is 75.6. The number of aliphatic hydroxyl groups is 1. The number of phosphoric ester groups is 2. The average Bonchev–Trinajstić information content (AvgIpc) is 1.03. The minimum absolute atomic E-state index is 0.108. The van der Waals surface area contributed by atoms with Crippen molar-refractivity contribution >= 4 is 39.5 Å². The van der Waals surface area contributed by atoms with Crippen molar-refractivity contribution in [3.63, 3.8) is 0 Å². The molecule has 612 valence electrons. The van der Waals surface area contributed by atoms with E-state index in [1.165, 1.54) is 263 Å². The molecule has 5 atom stereocenters. The number of phosphoric acid groups is 2. The van der Waals surface area contributed by atoms with Gasteiger partial charge in [0.05, 0.1) is 26.4 Å². The molecule has 0 aromatic heterocycles. The number of hydrogen-bond donors (Lipinski definition) is 3. The van der Waals surface area contributed by atoms with Gasteiger partial charge in [0.1, 0.15) is 19.3 Å². The van der Waals surface area contributed by atoms with Crippen LogP contribution in [0.25, 0.3) is 0 Å². The van der Waals surface area contributed by atoms with Crippen LogP contribution in [0.4, 0.5) is 0 Å². The van der Waals surface area contributed by atoms with Gasteiger partial charge < -0.3 is 33.8 Å². The Bertz CT molecular complexity index is 1980. The Morgan fingerprint density at radius 1 is 0.262 bits per heavy atom. The molecule has 19 heteroatoms. The van der Waals surface area contributed by atoms with Crippen LogP contribution in [0.15, 0.2) is 0 Å². The first-order valence-corrected chi connectivity index (χ1v) is 46.5.